The third-order valence-electron chi connectivity index (χ3n) is 5.32. The topological polar surface area (TPSA) is 55.8 Å². The molecule has 0 fully saturated rings. The van der Waals surface area contributed by atoms with Gasteiger partial charge in [0, 0.05) is 0 Å². The van der Waals surface area contributed by atoms with Crippen LogP contribution in [0.2, 0.25) is 13.3 Å². The van der Waals surface area contributed by atoms with E-state index in [4.69, 9.17) is 9.47 Å². The minimum absolute atomic E-state index is 0.0637. The van der Waals surface area contributed by atoms with E-state index in [0.29, 0.717) is 0 Å². The number of carbonyl (C=O) groups excluding carboxylic acids is 2. The number of ether oxygens (including phenoxy) is 2. The summed E-state index contributed by atoms with van der Waals surface area (Å²) in [7, 11) is 1.34. The Balaban J connectivity index is 5.92. The molecule has 0 saturated carbocycles. The number of methoxy groups -OCH3 is 1. The molecule has 0 aromatic heterocycles. The van der Waals surface area contributed by atoms with Gasteiger partial charge in [0.15, 0.2) is 0 Å². The van der Waals surface area contributed by atoms with E-state index in [-0.39, 0.29) is 4.06 Å². The molecule has 2 amide bonds. The molecule has 0 radical (unpaired) electrons. The van der Waals surface area contributed by atoms with Crippen molar-refractivity contribution in [1.82, 2.24) is 4.90 Å². The van der Waals surface area contributed by atoms with Crippen LogP contribution in [-0.2, 0) is 9.47 Å². The summed E-state index contributed by atoms with van der Waals surface area (Å²) in [6, 6.07) is 0. The number of nitrogens with zero attached hydrogens (tertiary/aromatic N) is 1. The van der Waals surface area contributed by atoms with E-state index in [1.807, 2.05) is 20.8 Å². The van der Waals surface area contributed by atoms with Crippen molar-refractivity contribution in [1.29, 1.82) is 0 Å². The van der Waals surface area contributed by atoms with Gasteiger partial charge in [-0.3, -0.25) is 0 Å². The average molecular weight is 492 g/mol. The standard InChI is InChI=1S/C9H16NO4.3C4H9.Sn/c1-6-10(7(11)13-5)8(12)14-9(2,3)4;3*1-3-4-2;/h6H,1-5H3;3*1,3-4H2,2H3;. The number of rotatable bonds is 11. The number of amides is 2. The molecular weight excluding hydrogens is 449 g/mol. The number of unbranched alkanes of at least 4 members (excludes halogenated alkanes) is 3. The SMILES string of the molecule is CCC[CH2][Sn]([CH2]CCC)([CH2]CCC)[CH](C)N(C(=O)OC)C(=O)OC(C)(C)C. The molecule has 0 aromatic rings. The Labute approximate surface area is 171 Å². The van der Waals surface area contributed by atoms with Gasteiger partial charge in [-0.1, -0.05) is 0 Å². The number of imide groups is 1. The number of carbonyl (C=O) groups is 2. The van der Waals surface area contributed by atoms with Crippen molar-refractivity contribution in [2.24, 2.45) is 0 Å². The molecule has 0 N–H and O–H groups in total. The molecule has 0 saturated heterocycles. The quantitative estimate of drug-likeness (QED) is 0.299. The van der Waals surface area contributed by atoms with E-state index in [1.165, 1.54) is 44.6 Å². The maximum absolute atomic E-state index is 12.9. The molecule has 0 bridgehead atoms. The molecule has 0 heterocycles. The van der Waals surface area contributed by atoms with Crippen LogP contribution >= 0.6 is 0 Å². The second-order valence-corrected chi connectivity index (χ2v) is 23.1. The predicted molar refractivity (Wildman–Crippen MR) is 115 cm³/mol. The first kappa shape index (κ1) is 26.5. The van der Waals surface area contributed by atoms with Crippen LogP contribution in [-0.4, -0.2) is 52.2 Å². The van der Waals surface area contributed by atoms with Crippen LogP contribution in [0.4, 0.5) is 9.59 Å². The van der Waals surface area contributed by atoms with E-state index in [2.05, 4.69) is 27.7 Å². The van der Waals surface area contributed by atoms with Crippen LogP contribution < -0.4 is 0 Å². The van der Waals surface area contributed by atoms with Crippen LogP contribution in [0.3, 0.4) is 0 Å². The van der Waals surface area contributed by atoms with Gasteiger partial charge in [0.05, 0.1) is 0 Å². The van der Waals surface area contributed by atoms with Crippen LogP contribution in [0.1, 0.15) is 87.0 Å². The Bertz CT molecular complexity index is 426. The molecule has 5 nitrogen and oxygen atoms in total. The van der Waals surface area contributed by atoms with Crippen molar-refractivity contribution >= 4 is 30.6 Å². The Morgan fingerprint density at radius 2 is 1.30 bits per heavy atom. The third kappa shape index (κ3) is 9.05. The van der Waals surface area contributed by atoms with Gasteiger partial charge in [0.25, 0.3) is 0 Å². The normalized spacial score (nSPS) is 13.2. The summed E-state index contributed by atoms with van der Waals surface area (Å²) >= 11 is -2.85. The zero-order valence-electron chi connectivity index (χ0n) is 19.0. The molecule has 0 rings (SSSR count). The Kier molecular flexibility index (Phi) is 12.7. The maximum atomic E-state index is 12.9. The number of hydrogen-bond donors (Lipinski definition) is 0. The van der Waals surface area contributed by atoms with Gasteiger partial charge in [-0.05, 0) is 0 Å². The second kappa shape index (κ2) is 12.9. The fourth-order valence-electron chi connectivity index (χ4n) is 3.66. The summed E-state index contributed by atoms with van der Waals surface area (Å²) in [6.07, 6.45) is 5.83. The van der Waals surface area contributed by atoms with Crippen molar-refractivity contribution < 1.29 is 19.1 Å². The number of hydrogen-bond acceptors (Lipinski definition) is 4. The van der Waals surface area contributed by atoms with Gasteiger partial charge < -0.3 is 0 Å². The zero-order chi connectivity index (χ0) is 21.1. The zero-order valence-corrected chi connectivity index (χ0v) is 21.9. The van der Waals surface area contributed by atoms with Crippen LogP contribution in [0.15, 0.2) is 0 Å². The monoisotopic (exact) mass is 493 g/mol. The van der Waals surface area contributed by atoms with Crippen molar-refractivity contribution in [2.45, 2.75) is 110 Å². The summed E-state index contributed by atoms with van der Waals surface area (Å²) in [5, 5.41) is 0. The molecule has 0 aliphatic rings. The van der Waals surface area contributed by atoms with E-state index >= 15 is 0 Å². The summed E-state index contributed by atoms with van der Waals surface area (Å²) < 4.78 is 14.1. The summed E-state index contributed by atoms with van der Waals surface area (Å²) in [5.41, 5.74) is -0.641. The Morgan fingerprint density at radius 3 is 1.59 bits per heavy atom. The minimum atomic E-state index is -2.85. The summed E-state index contributed by atoms with van der Waals surface area (Å²) in [6.45, 7) is 14.2. The summed E-state index contributed by atoms with van der Waals surface area (Å²) in [5.74, 6) is 0. The van der Waals surface area contributed by atoms with Gasteiger partial charge in [0.2, 0.25) is 0 Å². The summed E-state index contributed by atoms with van der Waals surface area (Å²) in [4.78, 5) is 26.8. The first-order valence-corrected chi connectivity index (χ1v) is 18.4. The molecule has 27 heavy (non-hydrogen) atoms. The molecule has 160 valence electrons. The van der Waals surface area contributed by atoms with Crippen LogP contribution in [0, 0.1) is 0 Å². The van der Waals surface area contributed by atoms with Crippen LogP contribution in [0.5, 0.6) is 0 Å². The fourth-order valence-corrected chi connectivity index (χ4v) is 20.6. The molecule has 0 aliphatic heterocycles. The molecule has 6 heteroatoms. The van der Waals surface area contributed by atoms with Crippen molar-refractivity contribution in [3.63, 3.8) is 0 Å². The molecule has 0 spiro atoms. The van der Waals surface area contributed by atoms with Gasteiger partial charge in [-0.25, -0.2) is 0 Å². The second-order valence-electron chi connectivity index (χ2n) is 8.67. The fraction of sp³-hybridized carbons (Fsp3) is 0.905. The molecule has 1 unspecified atom stereocenters. The van der Waals surface area contributed by atoms with Crippen LogP contribution in [0.25, 0.3) is 0 Å². The van der Waals surface area contributed by atoms with Gasteiger partial charge in [0.1, 0.15) is 0 Å². The first-order chi connectivity index (χ1) is 12.6. The van der Waals surface area contributed by atoms with Crippen molar-refractivity contribution in [2.75, 3.05) is 7.11 Å². The third-order valence-corrected chi connectivity index (χ3v) is 22.7. The molecular formula is C21H43NO4Sn. The van der Waals surface area contributed by atoms with Gasteiger partial charge in [-0.15, -0.1) is 0 Å². The van der Waals surface area contributed by atoms with E-state index < -0.39 is 36.2 Å². The van der Waals surface area contributed by atoms with Crippen molar-refractivity contribution in [3.8, 4) is 0 Å². The van der Waals surface area contributed by atoms with E-state index in [9.17, 15) is 9.59 Å². The first-order valence-electron chi connectivity index (χ1n) is 10.7. The molecule has 0 aliphatic carbocycles. The van der Waals surface area contributed by atoms with E-state index in [1.54, 1.807) is 0 Å². The van der Waals surface area contributed by atoms with Gasteiger partial charge >= 0.3 is 172 Å². The van der Waals surface area contributed by atoms with Gasteiger partial charge in [-0.2, -0.15) is 0 Å². The molecule has 0 aromatic carbocycles. The Morgan fingerprint density at radius 1 is 0.889 bits per heavy atom. The predicted octanol–water partition coefficient (Wildman–Crippen LogP) is 6.77. The molecule has 1 atom stereocenters. The van der Waals surface area contributed by atoms with Crippen molar-refractivity contribution in [3.05, 3.63) is 0 Å². The van der Waals surface area contributed by atoms with E-state index in [0.717, 1.165) is 19.3 Å². The Hall–Kier alpha value is -0.461. The average Bonchev–Trinajstić information content (AvgIpc) is 2.59.